The van der Waals surface area contributed by atoms with Crippen molar-refractivity contribution in [3.05, 3.63) is 12.2 Å². The monoisotopic (exact) mass is 593 g/mol. The first-order valence-corrected chi connectivity index (χ1v) is 18.7. The van der Waals surface area contributed by atoms with Gasteiger partial charge < -0.3 is 9.84 Å². The van der Waals surface area contributed by atoms with Crippen LogP contribution < -0.4 is 0 Å². The average molecular weight is 593 g/mol. The zero-order valence-electron chi connectivity index (χ0n) is 28.3. The van der Waals surface area contributed by atoms with Crippen molar-refractivity contribution in [2.24, 2.45) is 0 Å². The van der Waals surface area contributed by atoms with Crippen molar-refractivity contribution in [2.45, 2.75) is 219 Å². The van der Waals surface area contributed by atoms with Gasteiger partial charge >= 0.3 is 11.9 Å². The molecule has 0 saturated carbocycles. The maximum Gasteiger partial charge on any atom is 0.307 e. The van der Waals surface area contributed by atoms with Crippen molar-refractivity contribution in [1.82, 2.24) is 0 Å². The number of carboxylic acid groups (broad SMARTS) is 1. The molecule has 0 fully saturated rings. The van der Waals surface area contributed by atoms with E-state index in [9.17, 15) is 14.7 Å². The molecule has 0 aromatic carbocycles. The molecule has 4 nitrogen and oxygen atoms in total. The molecule has 42 heavy (non-hydrogen) atoms. The lowest BCUT2D eigenvalue weighted by molar-refractivity contribution is -0.153. The predicted octanol–water partition coefficient (Wildman–Crippen LogP) is 12.7. The first-order valence-electron chi connectivity index (χ1n) is 18.7. The topological polar surface area (TPSA) is 63.6 Å². The zero-order chi connectivity index (χ0) is 30.8. The number of allylic oxidation sites excluding steroid dienone is 2. The number of aliphatic carboxylic acids is 1. The third kappa shape index (κ3) is 33.2. The van der Waals surface area contributed by atoms with Crippen LogP contribution in [0, 0.1) is 0 Å². The molecule has 0 saturated heterocycles. The summed E-state index contributed by atoms with van der Waals surface area (Å²) in [6.07, 6.45) is 40.9. The fourth-order valence-corrected chi connectivity index (χ4v) is 5.73. The summed E-state index contributed by atoms with van der Waals surface area (Å²) in [4.78, 5) is 23.6. The van der Waals surface area contributed by atoms with Crippen LogP contribution in [0.1, 0.15) is 213 Å². The van der Waals surface area contributed by atoms with Crippen LogP contribution in [0.4, 0.5) is 0 Å². The van der Waals surface area contributed by atoms with Crippen molar-refractivity contribution in [2.75, 3.05) is 0 Å². The van der Waals surface area contributed by atoms with Crippen LogP contribution in [0.15, 0.2) is 12.2 Å². The minimum absolute atomic E-state index is 0.0727. The molecular formula is C38H72O4. The molecule has 0 aliphatic carbocycles. The number of hydrogen-bond donors (Lipinski definition) is 1. The molecule has 0 aromatic rings. The fraction of sp³-hybridized carbons (Fsp3) is 0.895. The van der Waals surface area contributed by atoms with Crippen LogP contribution >= 0.6 is 0 Å². The molecule has 0 bridgehead atoms. The Morgan fingerprint density at radius 2 is 0.881 bits per heavy atom. The Morgan fingerprint density at radius 3 is 1.31 bits per heavy atom. The summed E-state index contributed by atoms with van der Waals surface area (Å²) >= 11 is 0. The van der Waals surface area contributed by atoms with Gasteiger partial charge in [0.25, 0.3) is 0 Å². The van der Waals surface area contributed by atoms with Gasteiger partial charge in [-0.15, -0.1) is 0 Å². The first-order chi connectivity index (χ1) is 20.6. The molecule has 1 N–H and O–H groups in total. The lowest BCUT2D eigenvalue weighted by Gasteiger charge is -2.16. The van der Waals surface area contributed by atoms with Crippen molar-refractivity contribution in [3.8, 4) is 0 Å². The molecular weight excluding hydrogens is 520 g/mol. The molecule has 0 radical (unpaired) electrons. The van der Waals surface area contributed by atoms with Crippen molar-refractivity contribution in [1.29, 1.82) is 0 Å². The standard InChI is InChI=1S/C38H72O4/c1-3-5-7-9-11-13-15-17-18-19-20-22-23-25-27-29-31-33-36(35-37(39)40)42-38(41)34-32-30-28-26-24-21-16-14-12-10-8-6-4-2/h14,16,36H,3-13,15,17-35H2,1-2H3,(H,39,40)/b16-14-. The summed E-state index contributed by atoms with van der Waals surface area (Å²) in [6, 6.07) is 0. The van der Waals surface area contributed by atoms with E-state index >= 15 is 0 Å². The Bertz CT molecular complexity index is 600. The van der Waals surface area contributed by atoms with E-state index in [2.05, 4.69) is 26.0 Å². The van der Waals surface area contributed by atoms with Crippen LogP contribution in [0.5, 0.6) is 0 Å². The Balaban J connectivity index is 3.64. The Hall–Kier alpha value is -1.32. The highest BCUT2D eigenvalue weighted by Crippen LogP contribution is 2.17. The molecule has 0 aliphatic rings. The third-order valence-corrected chi connectivity index (χ3v) is 8.47. The summed E-state index contributed by atoms with van der Waals surface area (Å²) in [5.41, 5.74) is 0. The van der Waals surface area contributed by atoms with Gasteiger partial charge in [0.2, 0.25) is 0 Å². The summed E-state index contributed by atoms with van der Waals surface area (Å²) < 4.78 is 5.57. The fourth-order valence-electron chi connectivity index (χ4n) is 5.73. The van der Waals surface area contributed by atoms with E-state index in [-0.39, 0.29) is 12.4 Å². The van der Waals surface area contributed by atoms with Crippen molar-refractivity contribution < 1.29 is 19.4 Å². The molecule has 0 rings (SSSR count). The van der Waals surface area contributed by atoms with Crippen LogP contribution in [0.2, 0.25) is 0 Å². The van der Waals surface area contributed by atoms with Crippen LogP contribution in [0.3, 0.4) is 0 Å². The second kappa shape index (κ2) is 34.2. The first kappa shape index (κ1) is 40.7. The second-order valence-corrected chi connectivity index (χ2v) is 12.8. The number of esters is 1. The molecule has 1 atom stereocenters. The van der Waals surface area contributed by atoms with Crippen LogP contribution in [-0.4, -0.2) is 23.1 Å². The lowest BCUT2D eigenvalue weighted by Crippen LogP contribution is -2.21. The molecule has 0 spiro atoms. The SMILES string of the molecule is CCCCCC/C=C\CCCCCCCC(=O)OC(CCCCCCCCCCCCCCCCCCC)CC(=O)O. The summed E-state index contributed by atoms with van der Waals surface area (Å²) in [5, 5.41) is 9.24. The number of carbonyl (C=O) groups is 2. The van der Waals surface area contributed by atoms with E-state index < -0.39 is 12.1 Å². The molecule has 0 aliphatic heterocycles. The van der Waals surface area contributed by atoms with E-state index in [0.29, 0.717) is 12.8 Å². The summed E-state index contributed by atoms with van der Waals surface area (Å²) in [7, 11) is 0. The minimum atomic E-state index is -0.880. The highest BCUT2D eigenvalue weighted by molar-refractivity contribution is 5.71. The van der Waals surface area contributed by atoms with E-state index in [0.717, 1.165) is 38.5 Å². The van der Waals surface area contributed by atoms with Gasteiger partial charge in [0.1, 0.15) is 6.10 Å². The molecule has 0 aromatic heterocycles. The maximum absolute atomic E-state index is 12.3. The van der Waals surface area contributed by atoms with E-state index in [4.69, 9.17) is 4.74 Å². The van der Waals surface area contributed by atoms with Gasteiger partial charge in [-0.25, -0.2) is 0 Å². The van der Waals surface area contributed by atoms with Gasteiger partial charge in [-0.3, -0.25) is 9.59 Å². The molecule has 4 heteroatoms. The quantitative estimate of drug-likeness (QED) is 0.0458. The smallest absolute Gasteiger partial charge is 0.307 e. The van der Waals surface area contributed by atoms with Gasteiger partial charge in [0, 0.05) is 6.42 Å². The minimum Gasteiger partial charge on any atom is -0.481 e. The van der Waals surface area contributed by atoms with E-state index in [1.165, 1.54) is 141 Å². The molecule has 248 valence electrons. The van der Waals surface area contributed by atoms with Crippen LogP contribution in [-0.2, 0) is 14.3 Å². The summed E-state index contributed by atoms with van der Waals surface area (Å²) in [6.45, 7) is 4.53. The predicted molar refractivity (Wildman–Crippen MR) is 181 cm³/mol. The normalized spacial score (nSPS) is 12.2. The molecule has 0 amide bonds. The third-order valence-electron chi connectivity index (χ3n) is 8.47. The number of carbonyl (C=O) groups excluding carboxylic acids is 1. The van der Waals surface area contributed by atoms with Gasteiger partial charge in [-0.2, -0.15) is 0 Å². The average Bonchev–Trinajstić information content (AvgIpc) is 2.96. The number of ether oxygens (including phenoxy) is 1. The second-order valence-electron chi connectivity index (χ2n) is 12.8. The van der Waals surface area contributed by atoms with E-state index in [1.54, 1.807) is 0 Å². The van der Waals surface area contributed by atoms with Crippen LogP contribution in [0.25, 0.3) is 0 Å². The lowest BCUT2D eigenvalue weighted by atomic mass is 10.0. The van der Waals surface area contributed by atoms with Gasteiger partial charge in [-0.1, -0.05) is 167 Å². The van der Waals surface area contributed by atoms with E-state index in [1.807, 2.05) is 0 Å². The van der Waals surface area contributed by atoms with Crippen molar-refractivity contribution >= 4 is 11.9 Å². The molecule has 1 unspecified atom stereocenters. The summed E-state index contributed by atoms with van der Waals surface area (Å²) in [5.74, 6) is -1.10. The Kier molecular flexibility index (Phi) is 33.1. The maximum atomic E-state index is 12.3. The van der Waals surface area contributed by atoms with Gasteiger partial charge in [-0.05, 0) is 44.9 Å². The van der Waals surface area contributed by atoms with Gasteiger partial charge in [0.05, 0.1) is 6.42 Å². The number of hydrogen-bond acceptors (Lipinski definition) is 3. The highest BCUT2D eigenvalue weighted by Gasteiger charge is 2.17. The number of rotatable bonds is 34. The van der Waals surface area contributed by atoms with Gasteiger partial charge in [0.15, 0.2) is 0 Å². The largest absolute Gasteiger partial charge is 0.481 e. The number of unbranched alkanes of at least 4 members (excludes halogenated alkanes) is 25. The molecule has 0 heterocycles. The highest BCUT2D eigenvalue weighted by atomic mass is 16.5. The Morgan fingerprint density at radius 1 is 0.524 bits per heavy atom. The Labute approximate surface area is 262 Å². The van der Waals surface area contributed by atoms with Crippen molar-refractivity contribution in [3.63, 3.8) is 0 Å². The number of carboxylic acids is 1. The zero-order valence-corrected chi connectivity index (χ0v) is 28.3.